The molecule has 128 valence electrons. The molecular weight excluding hydrogens is 290 g/mol. The number of rotatable bonds is 4. The minimum absolute atomic E-state index is 0.128. The molecule has 0 amide bonds. The maximum absolute atomic E-state index is 10.8. The van der Waals surface area contributed by atoms with Crippen LogP contribution in [-0.4, -0.2) is 43.3 Å². The molecule has 0 spiro atoms. The molecule has 1 aromatic rings. The van der Waals surface area contributed by atoms with E-state index in [2.05, 4.69) is 0 Å². The molecule has 23 heavy (non-hydrogen) atoms. The van der Waals surface area contributed by atoms with Crippen molar-refractivity contribution in [3.05, 3.63) is 23.2 Å². The first-order valence-corrected chi connectivity index (χ1v) is 7.77. The summed E-state index contributed by atoms with van der Waals surface area (Å²) in [5, 5.41) is 10.8. The average molecular weight is 330 g/mol. The molecule has 0 aliphatic carbocycles. The van der Waals surface area contributed by atoms with E-state index in [9.17, 15) is 6.48 Å². The number of ether oxygens (including phenoxy) is 2. The Morgan fingerprint density at radius 1 is 1.48 bits per heavy atom. The average Bonchev–Trinajstić information content (AvgIpc) is 2.63. The van der Waals surface area contributed by atoms with Crippen LogP contribution in [0.2, 0.25) is 0 Å². The highest BCUT2D eigenvalue weighted by Gasteiger charge is 2.38. The predicted octanol–water partition coefficient (Wildman–Crippen LogP) is 3.03. The number of methoxy groups -OCH3 is 2. The molecule has 3 atom stereocenters. The van der Waals surface area contributed by atoms with E-state index in [1.807, 2.05) is 13.8 Å². The number of aliphatic hydroxyl groups excluding tert-OH is 1. The lowest BCUT2D eigenvalue weighted by Crippen LogP contribution is -2.48. The molecule has 4 heteroatoms. The van der Waals surface area contributed by atoms with Gasteiger partial charge in [0.25, 0.3) is 0 Å². The zero-order valence-corrected chi connectivity index (χ0v) is 13.6. The van der Waals surface area contributed by atoms with Gasteiger partial charge in [0.15, 0.2) is 11.5 Å². The second-order valence-electron chi connectivity index (χ2n) is 6.42. The maximum atomic E-state index is 10.8. The van der Waals surface area contributed by atoms with E-state index in [1.54, 1.807) is 0 Å². The van der Waals surface area contributed by atoms with Crippen molar-refractivity contribution >= 4 is 0 Å². The van der Waals surface area contributed by atoms with Crippen molar-refractivity contribution in [1.29, 1.82) is 0 Å². The van der Waals surface area contributed by atoms with Gasteiger partial charge in [-0.3, -0.25) is 4.90 Å². The van der Waals surface area contributed by atoms with Gasteiger partial charge in [-0.15, -0.1) is 0 Å². The monoisotopic (exact) mass is 329 g/mol. The van der Waals surface area contributed by atoms with Crippen LogP contribution in [-0.2, 0) is 6.37 Å². The Kier molecular flexibility index (Phi) is 2.39. The third-order valence-corrected chi connectivity index (χ3v) is 4.31. The standard InChI is InChI=1S/C19H29NO3/c1-12(2)7-14-11-20-6-5-13-8-18(22-3)19(23-4)9-15(13)16(20)10-17(14)21/h8-9,12,14,16-17,21H,5-7,10-11H2,1-4H3/i3D3,5D2,6D2,8D,9D,16D. The van der Waals surface area contributed by atoms with E-state index in [-0.39, 0.29) is 24.4 Å². The van der Waals surface area contributed by atoms with Crippen LogP contribution in [0, 0.1) is 11.8 Å². The topological polar surface area (TPSA) is 41.9 Å². The van der Waals surface area contributed by atoms with Crippen LogP contribution in [0.4, 0.5) is 0 Å². The van der Waals surface area contributed by atoms with Crippen molar-refractivity contribution in [3.63, 3.8) is 0 Å². The van der Waals surface area contributed by atoms with Crippen molar-refractivity contribution in [3.8, 4) is 11.5 Å². The van der Waals surface area contributed by atoms with Gasteiger partial charge in [0.05, 0.1) is 28.5 Å². The number of fused-ring (bicyclic) bond motifs is 3. The van der Waals surface area contributed by atoms with Crippen LogP contribution >= 0.6 is 0 Å². The van der Waals surface area contributed by atoms with Gasteiger partial charge >= 0.3 is 0 Å². The van der Waals surface area contributed by atoms with Crippen LogP contribution < -0.4 is 9.47 Å². The molecule has 0 bridgehead atoms. The van der Waals surface area contributed by atoms with Gasteiger partial charge in [-0.2, -0.15) is 0 Å². The van der Waals surface area contributed by atoms with Crippen molar-refractivity contribution in [2.24, 2.45) is 11.8 Å². The van der Waals surface area contributed by atoms with Crippen LogP contribution in [0.25, 0.3) is 0 Å². The number of piperidine rings is 1. The highest BCUT2D eigenvalue weighted by molar-refractivity contribution is 5.49. The smallest absolute Gasteiger partial charge is 0.161 e. The first-order chi connectivity index (χ1) is 14.9. The second-order valence-corrected chi connectivity index (χ2v) is 6.42. The highest BCUT2D eigenvalue weighted by Crippen LogP contribution is 2.43. The van der Waals surface area contributed by atoms with Crippen LogP contribution in [0.3, 0.4) is 0 Å². The maximum Gasteiger partial charge on any atom is 0.161 e. The summed E-state index contributed by atoms with van der Waals surface area (Å²) in [6.45, 7) is 0.962. The minimum Gasteiger partial charge on any atom is -0.493 e. The van der Waals surface area contributed by atoms with Crippen molar-refractivity contribution in [2.45, 2.75) is 45.2 Å². The van der Waals surface area contributed by atoms with Gasteiger partial charge in [-0.25, -0.2) is 0 Å². The predicted molar refractivity (Wildman–Crippen MR) is 91.1 cm³/mol. The first kappa shape index (κ1) is 8.21. The molecule has 0 aromatic heterocycles. The molecule has 4 nitrogen and oxygen atoms in total. The van der Waals surface area contributed by atoms with Gasteiger partial charge in [0.2, 0.25) is 0 Å². The largest absolute Gasteiger partial charge is 0.493 e. The molecule has 0 radical (unpaired) electrons. The third kappa shape index (κ3) is 3.20. The Morgan fingerprint density at radius 2 is 2.26 bits per heavy atom. The summed E-state index contributed by atoms with van der Waals surface area (Å²) in [7, 11) is -1.91. The third-order valence-electron chi connectivity index (χ3n) is 4.31. The molecular formula is C19H29NO3. The van der Waals surface area contributed by atoms with Gasteiger partial charge in [0.1, 0.15) is 0 Å². The molecule has 1 saturated heterocycles. The molecule has 1 aromatic carbocycles. The van der Waals surface area contributed by atoms with Crippen LogP contribution in [0.5, 0.6) is 11.5 Å². The van der Waals surface area contributed by atoms with Gasteiger partial charge in [-0.05, 0) is 54.3 Å². The molecule has 2 aliphatic heterocycles. The molecule has 1 fully saturated rings. The molecule has 3 unspecified atom stereocenters. The Labute approximate surface area is 153 Å². The zero-order valence-electron chi connectivity index (χ0n) is 23.6. The Bertz CT molecular complexity index is 936. The fraction of sp³-hybridized carbons (Fsp3) is 0.684. The van der Waals surface area contributed by atoms with E-state index in [0.29, 0.717) is 6.42 Å². The van der Waals surface area contributed by atoms with Crippen molar-refractivity contribution in [1.82, 2.24) is 4.90 Å². The summed E-state index contributed by atoms with van der Waals surface area (Å²) in [5.41, 5.74) is -0.970. The number of nitrogens with zero attached hydrogens (tertiary/aromatic N) is 1. The van der Waals surface area contributed by atoms with Gasteiger partial charge < -0.3 is 14.6 Å². The van der Waals surface area contributed by atoms with E-state index in [4.69, 9.17) is 21.8 Å². The fourth-order valence-corrected chi connectivity index (χ4v) is 3.24. The Hall–Kier alpha value is -1.26. The summed E-state index contributed by atoms with van der Waals surface area (Å²) in [5.74, 6) is -1.42. The molecule has 2 aliphatic rings. The minimum atomic E-state index is -3.04. The summed E-state index contributed by atoms with van der Waals surface area (Å²) >= 11 is 0. The Morgan fingerprint density at radius 3 is 2.96 bits per heavy atom. The summed E-state index contributed by atoms with van der Waals surface area (Å²) in [6, 6.07) is -3.46. The van der Waals surface area contributed by atoms with Gasteiger partial charge in [-0.1, -0.05) is 13.8 Å². The summed E-state index contributed by atoms with van der Waals surface area (Å²) in [4.78, 5) is 1.02. The molecule has 1 N–H and O–H groups in total. The molecule has 3 rings (SSSR count). The summed E-state index contributed by atoms with van der Waals surface area (Å²) in [6.07, 6.45) is -3.71. The normalized spacial score (nSPS) is 42.0. The SMILES string of the molecule is [2H]c1c(OC)c(OC([2H])([2H])[2H])c([2H])c2c1C1([2H])CC(O)C(CC(C)C)CN1C([2H])([2H])C2([2H])[2H]. The van der Waals surface area contributed by atoms with Crippen molar-refractivity contribution < 1.29 is 28.3 Å². The first-order valence-electron chi connectivity index (χ1n) is 12.8. The van der Waals surface area contributed by atoms with E-state index < -0.39 is 67.1 Å². The molecule has 0 saturated carbocycles. The Balaban J connectivity index is 2.35. The van der Waals surface area contributed by atoms with E-state index in [0.717, 1.165) is 12.0 Å². The lowest BCUT2D eigenvalue weighted by molar-refractivity contribution is -0.0191. The lowest BCUT2D eigenvalue weighted by atomic mass is 9.79. The second kappa shape index (κ2) is 6.70. The highest BCUT2D eigenvalue weighted by atomic mass is 16.5. The lowest BCUT2D eigenvalue weighted by Gasteiger charge is -2.46. The quantitative estimate of drug-likeness (QED) is 0.922. The summed E-state index contributed by atoms with van der Waals surface area (Å²) < 4.78 is 93.1. The van der Waals surface area contributed by atoms with E-state index >= 15 is 0 Å². The van der Waals surface area contributed by atoms with Gasteiger partial charge in [0, 0.05) is 24.5 Å². The van der Waals surface area contributed by atoms with E-state index in [1.165, 1.54) is 0 Å². The number of hydrogen-bond donors (Lipinski definition) is 1. The number of aliphatic hydroxyl groups is 1. The number of hydrogen-bond acceptors (Lipinski definition) is 4. The van der Waals surface area contributed by atoms with Crippen LogP contribution in [0.1, 0.15) is 57.5 Å². The fourth-order valence-electron chi connectivity index (χ4n) is 3.24. The number of benzene rings is 1. The zero-order chi connectivity index (χ0) is 25.3. The molecule has 2 heterocycles. The van der Waals surface area contributed by atoms with Crippen LogP contribution in [0.15, 0.2) is 12.1 Å². The van der Waals surface area contributed by atoms with Crippen molar-refractivity contribution in [2.75, 3.05) is 27.2 Å².